The number of aromatic amines is 2. The maximum Gasteiger partial charge on any atom is 0.337 e. The van der Waals surface area contributed by atoms with E-state index in [0.29, 0.717) is 38.0 Å². The van der Waals surface area contributed by atoms with E-state index in [2.05, 4.69) is 33.8 Å². The molecule has 6 aromatic rings. The number of ether oxygens (including phenoxy) is 1. The van der Waals surface area contributed by atoms with E-state index in [-0.39, 0.29) is 30.1 Å². The first-order valence-electron chi connectivity index (χ1n) is 16.6. The number of aliphatic hydroxyl groups excluding tert-OH is 1. The van der Waals surface area contributed by atoms with Crippen LogP contribution < -0.4 is 11.4 Å². The highest BCUT2D eigenvalue weighted by Crippen LogP contribution is 2.37. The van der Waals surface area contributed by atoms with E-state index >= 15 is 0 Å². The Kier molecular flexibility index (Phi) is 11.6. The van der Waals surface area contributed by atoms with Gasteiger partial charge in [0.15, 0.2) is 11.3 Å². The second-order valence-electron chi connectivity index (χ2n) is 11.8. The fourth-order valence-corrected chi connectivity index (χ4v) is 6.88. The summed E-state index contributed by atoms with van der Waals surface area (Å²) in [5.74, 6) is -0.431. The van der Waals surface area contributed by atoms with Crippen LogP contribution in [0.25, 0.3) is 44.6 Å². The van der Waals surface area contributed by atoms with Crippen LogP contribution in [0.3, 0.4) is 0 Å². The monoisotopic (exact) mass is 718 g/mol. The smallest absolute Gasteiger partial charge is 0.337 e. The molecule has 6 rings (SSSR count). The molecule has 0 saturated carbocycles. The summed E-state index contributed by atoms with van der Waals surface area (Å²) < 4.78 is 8.28. The lowest BCUT2D eigenvalue weighted by molar-refractivity contribution is 0.0600. The molecule has 4 aromatic heterocycles. The molecule has 0 radical (unpaired) electrons. The van der Waals surface area contributed by atoms with E-state index in [0.717, 1.165) is 53.5 Å². The van der Waals surface area contributed by atoms with Crippen molar-refractivity contribution < 1.29 is 14.6 Å². The number of fused-ring (bicyclic) bond motifs is 2. The van der Waals surface area contributed by atoms with Gasteiger partial charge in [-0.15, -0.1) is 0 Å². The number of hydrogen-bond acceptors (Lipinski definition) is 7. The molecule has 0 aliphatic rings. The van der Waals surface area contributed by atoms with Crippen molar-refractivity contribution in [2.45, 2.75) is 72.1 Å². The van der Waals surface area contributed by atoms with Gasteiger partial charge in [-0.05, 0) is 54.5 Å². The molecule has 0 bridgehead atoms. The van der Waals surface area contributed by atoms with Crippen molar-refractivity contribution in [1.82, 2.24) is 29.1 Å². The van der Waals surface area contributed by atoms with Crippen molar-refractivity contribution in [3.05, 3.63) is 103 Å². The summed E-state index contributed by atoms with van der Waals surface area (Å²) in [4.78, 5) is 51.1. The summed E-state index contributed by atoms with van der Waals surface area (Å²) in [5, 5.41) is 10.1. The van der Waals surface area contributed by atoms with E-state index in [1.54, 1.807) is 33.5 Å². The van der Waals surface area contributed by atoms with Gasteiger partial charge in [-0.25, -0.2) is 24.4 Å². The summed E-state index contributed by atoms with van der Waals surface area (Å²) in [6, 6.07) is 14.6. The molecule has 2 aromatic carbocycles. The second kappa shape index (κ2) is 15.9. The van der Waals surface area contributed by atoms with Crippen LogP contribution in [-0.2, 0) is 11.3 Å². The zero-order chi connectivity index (χ0) is 36.1. The van der Waals surface area contributed by atoms with Crippen LogP contribution in [0.5, 0.6) is 0 Å². The number of aliphatic hydroxyl groups is 1. The largest absolute Gasteiger partial charge is 0.465 e. The van der Waals surface area contributed by atoms with Crippen LogP contribution in [0.1, 0.15) is 81.4 Å². The lowest BCUT2D eigenvalue weighted by Gasteiger charge is -2.17. The molecule has 0 aliphatic heterocycles. The number of esters is 1. The summed E-state index contributed by atoms with van der Waals surface area (Å²) in [6.45, 7) is 8.19. The van der Waals surface area contributed by atoms with Gasteiger partial charge in [-0.1, -0.05) is 87.3 Å². The Morgan fingerprint density at radius 1 is 0.780 bits per heavy atom. The number of carbonyl (C=O) groups is 1. The van der Waals surface area contributed by atoms with Gasteiger partial charge >= 0.3 is 17.3 Å². The molecule has 0 saturated heterocycles. The van der Waals surface area contributed by atoms with Gasteiger partial charge in [0.05, 0.1) is 40.4 Å². The minimum absolute atomic E-state index is 0.0115. The van der Waals surface area contributed by atoms with Crippen LogP contribution in [-0.4, -0.2) is 47.3 Å². The Hall–Kier alpha value is -4.71. The number of nitrogens with one attached hydrogen (secondary N) is 2. The van der Waals surface area contributed by atoms with Crippen LogP contribution in [0.2, 0.25) is 10.0 Å². The predicted molar refractivity (Wildman–Crippen MR) is 198 cm³/mol. The number of halogens is 2. The van der Waals surface area contributed by atoms with Gasteiger partial charge in [0, 0.05) is 35.6 Å². The number of rotatable bonds is 10. The Balaban J connectivity index is 0.000000195. The molecule has 13 heteroatoms. The van der Waals surface area contributed by atoms with Crippen molar-refractivity contribution in [3.63, 3.8) is 0 Å². The fourth-order valence-electron chi connectivity index (χ4n) is 6.39. The quantitative estimate of drug-likeness (QED) is 0.121. The van der Waals surface area contributed by atoms with Crippen molar-refractivity contribution >= 4 is 51.5 Å². The number of hydrogen-bond donors (Lipinski definition) is 3. The maximum atomic E-state index is 12.6. The zero-order valence-corrected chi connectivity index (χ0v) is 30.1. The Bertz CT molecular complexity index is 2250. The van der Waals surface area contributed by atoms with Crippen molar-refractivity contribution in [3.8, 4) is 22.3 Å². The molecular weight excluding hydrogens is 679 g/mol. The number of carbonyl (C=O) groups excluding carboxylic acids is 1. The number of imidazole rings is 2. The first-order valence-corrected chi connectivity index (χ1v) is 17.3. The van der Waals surface area contributed by atoms with Gasteiger partial charge in [0.25, 0.3) is 0 Å². The van der Waals surface area contributed by atoms with Gasteiger partial charge in [0.1, 0.15) is 0 Å². The molecule has 0 amide bonds. The molecule has 0 atom stereocenters. The van der Waals surface area contributed by atoms with Crippen LogP contribution >= 0.6 is 23.2 Å². The zero-order valence-electron chi connectivity index (χ0n) is 28.6. The lowest BCUT2D eigenvalue weighted by Crippen LogP contribution is -2.21. The van der Waals surface area contributed by atoms with E-state index in [9.17, 15) is 19.5 Å². The number of H-pyrrole nitrogens is 2. The SMILES string of the molecule is CCC(CC)n1c(=O)[nH]c2ncc(Cl)c(-c3ccc(CO)cc3)c21.CCC(CC)n1c(=O)[nH]c2ncc(Cl)c(-c3cccc(C(=O)OC)c3)c21. The highest BCUT2D eigenvalue weighted by molar-refractivity contribution is 6.35. The van der Waals surface area contributed by atoms with Gasteiger partial charge in [-0.3, -0.25) is 19.1 Å². The van der Waals surface area contributed by atoms with E-state index in [4.69, 9.17) is 27.9 Å². The molecule has 0 aliphatic carbocycles. The summed E-state index contributed by atoms with van der Waals surface area (Å²) in [5.41, 5.74) is 6.34. The van der Waals surface area contributed by atoms with E-state index in [1.165, 1.54) is 13.3 Å². The molecule has 11 nitrogen and oxygen atoms in total. The minimum Gasteiger partial charge on any atom is -0.465 e. The molecule has 0 fully saturated rings. The highest BCUT2D eigenvalue weighted by Gasteiger charge is 2.23. The molecule has 50 heavy (non-hydrogen) atoms. The minimum atomic E-state index is -0.431. The first-order chi connectivity index (χ1) is 24.1. The lowest BCUT2D eigenvalue weighted by atomic mass is 10.0. The standard InChI is InChI=1S/C19H20ClN3O3.C18H20ClN3O2/c1-4-13(5-2)23-16-15(14(20)10-21-17(16)22-19(23)25)11-7-6-8-12(9-11)18(24)26-3;1-3-13(4-2)22-16-15(12-7-5-11(10-23)6-8-12)14(19)9-20-17(16)21-18(22)24/h6-10,13H,4-5H2,1-3H3,(H,21,22,25);5-9,13,23H,3-4,10H2,1-2H3,(H,20,21,24). The highest BCUT2D eigenvalue weighted by atomic mass is 35.5. The number of aromatic nitrogens is 6. The predicted octanol–water partition coefficient (Wildman–Crippen LogP) is 8.09. The molecule has 4 heterocycles. The molecule has 262 valence electrons. The van der Waals surface area contributed by atoms with E-state index < -0.39 is 5.97 Å². The Labute approximate surface area is 298 Å². The number of pyridine rings is 2. The number of nitrogens with zero attached hydrogens (tertiary/aromatic N) is 4. The third-order valence-electron chi connectivity index (χ3n) is 9.00. The Morgan fingerprint density at radius 2 is 1.26 bits per heavy atom. The average Bonchev–Trinajstić information content (AvgIpc) is 3.64. The van der Waals surface area contributed by atoms with Crippen LogP contribution in [0.15, 0.2) is 70.5 Å². The molecule has 0 spiro atoms. The fraction of sp³-hybridized carbons (Fsp3) is 0.324. The van der Waals surface area contributed by atoms with Gasteiger partial charge in [0.2, 0.25) is 0 Å². The van der Waals surface area contributed by atoms with Crippen LogP contribution in [0.4, 0.5) is 0 Å². The summed E-state index contributed by atoms with van der Waals surface area (Å²) in [7, 11) is 1.34. The Morgan fingerprint density at radius 3 is 1.70 bits per heavy atom. The maximum absolute atomic E-state index is 12.6. The third-order valence-corrected chi connectivity index (χ3v) is 9.57. The topological polar surface area (TPSA) is 148 Å². The number of benzene rings is 2. The third kappa shape index (κ3) is 6.98. The van der Waals surface area contributed by atoms with Crippen molar-refractivity contribution in [2.75, 3.05) is 7.11 Å². The summed E-state index contributed by atoms with van der Waals surface area (Å²) >= 11 is 12.9. The van der Waals surface area contributed by atoms with Crippen molar-refractivity contribution in [2.24, 2.45) is 0 Å². The first kappa shape index (κ1) is 36.6. The van der Waals surface area contributed by atoms with E-state index in [1.807, 2.05) is 44.2 Å². The van der Waals surface area contributed by atoms with Crippen LogP contribution in [0, 0.1) is 0 Å². The van der Waals surface area contributed by atoms with Crippen molar-refractivity contribution in [1.29, 1.82) is 0 Å². The molecular formula is C37H40Cl2N6O5. The summed E-state index contributed by atoms with van der Waals surface area (Å²) in [6.07, 6.45) is 6.37. The second-order valence-corrected chi connectivity index (χ2v) is 12.6. The number of methoxy groups -OCH3 is 1. The van der Waals surface area contributed by atoms with Gasteiger partial charge in [-0.2, -0.15) is 0 Å². The average molecular weight is 720 g/mol. The van der Waals surface area contributed by atoms with Gasteiger partial charge < -0.3 is 9.84 Å². The molecule has 0 unspecified atom stereocenters. The molecule has 3 N–H and O–H groups in total. The normalized spacial score (nSPS) is 11.4.